The molecule has 2 rings (SSSR count). The first-order valence-electron chi connectivity index (χ1n) is 8.61. The van der Waals surface area contributed by atoms with Crippen LogP contribution < -0.4 is 10.2 Å². The van der Waals surface area contributed by atoms with Crippen LogP contribution in [0.25, 0.3) is 6.08 Å². The van der Waals surface area contributed by atoms with Gasteiger partial charge in [0.2, 0.25) is 5.91 Å². The second-order valence-corrected chi connectivity index (χ2v) is 6.64. The predicted molar refractivity (Wildman–Crippen MR) is 109 cm³/mol. The molecule has 0 aliphatic heterocycles. The molecule has 152 valence electrons. The average molecular weight is 417 g/mol. The Labute approximate surface area is 171 Å². The number of benzene rings is 1. The Morgan fingerprint density at radius 3 is 2.76 bits per heavy atom. The maximum Gasteiger partial charge on any atom is 0.331 e. The van der Waals surface area contributed by atoms with Crippen LogP contribution in [0.3, 0.4) is 0 Å². The molecule has 1 N–H and O–H groups in total. The smallest absolute Gasteiger partial charge is 0.331 e. The number of amides is 2. The fourth-order valence-electron chi connectivity index (χ4n) is 2.23. The minimum Gasteiger partial charge on any atom is -0.449 e. The van der Waals surface area contributed by atoms with Crippen LogP contribution in [0.5, 0.6) is 0 Å². The third-order valence-electron chi connectivity index (χ3n) is 3.58. The van der Waals surface area contributed by atoms with Crippen molar-refractivity contribution < 1.29 is 23.5 Å². The maximum absolute atomic E-state index is 14.1. The van der Waals surface area contributed by atoms with Crippen molar-refractivity contribution in [3.05, 3.63) is 59.9 Å². The van der Waals surface area contributed by atoms with E-state index in [0.717, 1.165) is 22.3 Å². The van der Waals surface area contributed by atoms with Crippen LogP contribution in [0.2, 0.25) is 0 Å². The number of thiazole rings is 1. The van der Waals surface area contributed by atoms with E-state index in [4.69, 9.17) is 4.74 Å². The molecular formula is C20H20FN3O4S. The molecule has 1 heterocycles. The van der Waals surface area contributed by atoms with Gasteiger partial charge in [-0.3, -0.25) is 14.5 Å². The highest BCUT2D eigenvalue weighted by atomic mass is 32.1. The Morgan fingerprint density at radius 2 is 2.10 bits per heavy atom. The third-order valence-corrected chi connectivity index (χ3v) is 4.43. The Morgan fingerprint density at radius 1 is 1.38 bits per heavy atom. The van der Waals surface area contributed by atoms with Crippen LogP contribution in [-0.4, -0.2) is 35.4 Å². The first kappa shape index (κ1) is 22.0. The molecule has 0 aliphatic carbocycles. The number of hydrogen-bond acceptors (Lipinski definition) is 6. The van der Waals surface area contributed by atoms with Crippen molar-refractivity contribution in [3.8, 4) is 0 Å². The summed E-state index contributed by atoms with van der Waals surface area (Å²) in [5, 5.41) is 4.39. The summed E-state index contributed by atoms with van der Waals surface area (Å²) in [4.78, 5) is 41.0. The molecule has 2 amide bonds. The van der Waals surface area contributed by atoms with Gasteiger partial charge in [-0.25, -0.2) is 14.2 Å². The van der Waals surface area contributed by atoms with Crippen LogP contribution in [0.15, 0.2) is 48.4 Å². The van der Waals surface area contributed by atoms with Gasteiger partial charge in [0, 0.05) is 24.9 Å². The summed E-state index contributed by atoms with van der Waals surface area (Å²) in [6.07, 6.45) is 3.05. The second-order valence-electron chi connectivity index (χ2n) is 5.81. The van der Waals surface area contributed by atoms with Gasteiger partial charge in [0.1, 0.15) is 5.82 Å². The molecule has 2 aromatic rings. The molecule has 1 atom stereocenters. The zero-order valence-corrected chi connectivity index (χ0v) is 16.7. The lowest BCUT2D eigenvalue weighted by molar-refractivity contribution is -0.150. The van der Waals surface area contributed by atoms with Crippen LogP contribution in [0, 0.1) is 5.82 Å². The lowest BCUT2D eigenvalue weighted by Crippen LogP contribution is -2.35. The molecule has 0 aliphatic rings. The van der Waals surface area contributed by atoms with Gasteiger partial charge in [-0.05, 0) is 25.1 Å². The second kappa shape index (κ2) is 10.3. The number of esters is 1. The van der Waals surface area contributed by atoms with Crippen LogP contribution in [0.1, 0.15) is 19.5 Å². The first-order valence-corrected chi connectivity index (χ1v) is 9.49. The number of rotatable bonds is 8. The van der Waals surface area contributed by atoms with E-state index in [1.807, 2.05) is 0 Å². The Kier molecular flexibility index (Phi) is 7.79. The van der Waals surface area contributed by atoms with Crippen LogP contribution in [0.4, 0.5) is 15.2 Å². The molecule has 0 radical (unpaired) electrons. The highest BCUT2D eigenvalue weighted by molar-refractivity contribution is 7.14. The summed E-state index contributed by atoms with van der Waals surface area (Å²) in [5.41, 5.74) is 0.469. The molecule has 0 unspecified atom stereocenters. The number of carbonyl (C=O) groups is 3. The zero-order chi connectivity index (χ0) is 21.4. The van der Waals surface area contributed by atoms with Gasteiger partial charge in [0.05, 0.1) is 11.4 Å². The van der Waals surface area contributed by atoms with Gasteiger partial charge in [-0.15, -0.1) is 17.9 Å². The van der Waals surface area contributed by atoms with Crippen molar-refractivity contribution in [1.29, 1.82) is 0 Å². The van der Waals surface area contributed by atoms with Crippen molar-refractivity contribution in [2.45, 2.75) is 20.0 Å². The largest absolute Gasteiger partial charge is 0.449 e. The highest BCUT2D eigenvalue weighted by Crippen LogP contribution is 2.30. The topological polar surface area (TPSA) is 88.6 Å². The number of nitrogens with zero attached hydrogens (tertiary/aromatic N) is 2. The van der Waals surface area contributed by atoms with Gasteiger partial charge < -0.3 is 10.1 Å². The highest BCUT2D eigenvalue weighted by Gasteiger charge is 2.20. The monoisotopic (exact) mass is 417 g/mol. The molecule has 0 spiro atoms. The molecular weight excluding hydrogens is 397 g/mol. The van der Waals surface area contributed by atoms with Crippen molar-refractivity contribution in [3.63, 3.8) is 0 Å². The zero-order valence-electron chi connectivity index (χ0n) is 15.9. The lowest BCUT2D eigenvalue weighted by Gasteiger charge is -2.18. The molecule has 7 nitrogen and oxygen atoms in total. The van der Waals surface area contributed by atoms with E-state index in [0.29, 0.717) is 5.69 Å². The first-order chi connectivity index (χ1) is 13.8. The van der Waals surface area contributed by atoms with E-state index in [1.165, 1.54) is 44.2 Å². The number of hydrogen-bond donors (Lipinski definition) is 1. The molecule has 29 heavy (non-hydrogen) atoms. The number of carbonyl (C=O) groups excluding carboxylic acids is 3. The standard InChI is InChI=1S/C20H20FN3O4S/c1-4-11-22-19(27)13(2)28-18(26)10-9-15-12-29-20(23-15)24(14(3)25)17-8-6-5-7-16(17)21/h4-10,12-13H,1,11H2,2-3H3,(H,22,27)/b10-9+/t13-/m0/s1. The number of para-hydroxylation sites is 1. The number of nitrogens with one attached hydrogen (secondary N) is 1. The molecule has 0 fully saturated rings. The van der Waals surface area contributed by atoms with Crippen molar-refractivity contribution in [2.75, 3.05) is 11.4 Å². The number of halogens is 1. The van der Waals surface area contributed by atoms with Gasteiger partial charge in [0.15, 0.2) is 11.2 Å². The SMILES string of the molecule is C=CCNC(=O)[C@H](C)OC(=O)/C=C/c1csc(N(C(C)=O)c2ccccc2F)n1. The van der Waals surface area contributed by atoms with E-state index in [-0.39, 0.29) is 17.4 Å². The predicted octanol–water partition coefficient (Wildman–Crippen LogP) is 3.21. The summed E-state index contributed by atoms with van der Waals surface area (Å²) in [7, 11) is 0. The fraction of sp³-hybridized carbons (Fsp3) is 0.200. The van der Waals surface area contributed by atoms with Crippen LogP contribution in [-0.2, 0) is 19.1 Å². The number of aromatic nitrogens is 1. The Hall–Kier alpha value is -3.33. The van der Waals surface area contributed by atoms with Gasteiger partial charge in [-0.2, -0.15) is 0 Å². The minimum atomic E-state index is -0.965. The van der Waals surface area contributed by atoms with E-state index >= 15 is 0 Å². The van der Waals surface area contributed by atoms with Crippen molar-refractivity contribution in [2.24, 2.45) is 0 Å². The molecule has 0 saturated carbocycles. The van der Waals surface area contributed by atoms with E-state index < -0.39 is 29.7 Å². The summed E-state index contributed by atoms with van der Waals surface area (Å²) >= 11 is 1.12. The third kappa shape index (κ3) is 6.08. The fourth-order valence-corrected chi connectivity index (χ4v) is 3.08. The van der Waals surface area contributed by atoms with Gasteiger partial charge in [0.25, 0.3) is 5.91 Å². The quantitative estimate of drug-likeness (QED) is 0.405. The van der Waals surface area contributed by atoms with Crippen molar-refractivity contribution in [1.82, 2.24) is 10.3 Å². The Bertz CT molecular complexity index is 941. The van der Waals surface area contributed by atoms with Crippen LogP contribution >= 0.6 is 11.3 Å². The van der Waals surface area contributed by atoms with Gasteiger partial charge >= 0.3 is 5.97 Å². The summed E-state index contributed by atoms with van der Waals surface area (Å²) in [5.74, 6) is -2.12. The number of ether oxygens (including phenoxy) is 1. The Balaban J connectivity index is 2.08. The van der Waals surface area contributed by atoms with E-state index in [9.17, 15) is 18.8 Å². The maximum atomic E-state index is 14.1. The molecule has 0 bridgehead atoms. The summed E-state index contributed by atoms with van der Waals surface area (Å²) < 4.78 is 19.1. The summed E-state index contributed by atoms with van der Waals surface area (Å²) in [6, 6.07) is 5.87. The average Bonchev–Trinajstić information content (AvgIpc) is 3.14. The molecule has 1 aromatic heterocycles. The molecule has 1 aromatic carbocycles. The number of anilines is 2. The van der Waals surface area contributed by atoms with Gasteiger partial charge in [-0.1, -0.05) is 18.2 Å². The van der Waals surface area contributed by atoms with E-state index in [2.05, 4.69) is 16.9 Å². The normalized spacial score (nSPS) is 11.7. The minimum absolute atomic E-state index is 0.0867. The lowest BCUT2D eigenvalue weighted by atomic mass is 10.3. The van der Waals surface area contributed by atoms with Crippen molar-refractivity contribution >= 4 is 46.0 Å². The summed E-state index contributed by atoms with van der Waals surface area (Å²) in [6.45, 7) is 6.50. The van der Waals surface area contributed by atoms with E-state index in [1.54, 1.807) is 11.4 Å². The molecule has 0 saturated heterocycles. The molecule has 9 heteroatoms.